The normalized spacial score (nSPS) is 10.6. The van der Waals surface area contributed by atoms with Gasteiger partial charge in [0.15, 0.2) is 0 Å². The predicted molar refractivity (Wildman–Crippen MR) is 80.9 cm³/mol. The van der Waals surface area contributed by atoms with Gasteiger partial charge in [-0.05, 0) is 37.7 Å². The number of carboxylic acids is 1. The first-order valence-electron chi connectivity index (χ1n) is 7.62. The number of aryl methyl sites for hydroxylation is 1. The summed E-state index contributed by atoms with van der Waals surface area (Å²) >= 11 is 0. The average molecular weight is 278 g/mol. The number of benzene rings is 1. The molecule has 3 heteroatoms. The van der Waals surface area contributed by atoms with Crippen molar-refractivity contribution in [3.63, 3.8) is 0 Å². The first-order valence-corrected chi connectivity index (χ1v) is 7.62. The van der Waals surface area contributed by atoms with Crippen molar-refractivity contribution in [2.24, 2.45) is 0 Å². The smallest absolute Gasteiger partial charge is 0.303 e. The summed E-state index contributed by atoms with van der Waals surface area (Å²) in [7, 11) is 0. The average Bonchev–Trinajstić information content (AvgIpc) is 2.45. The molecule has 1 aromatic rings. The Bertz CT molecular complexity index is 349. The van der Waals surface area contributed by atoms with E-state index in [0.29, 0.717) is 6.42 Å². The summed E-state index contributed by atoms with van der Waals surface area (Å²) in [6.45, 7) is 1.64. The van der Waals surface area contributed by atoms with Gasteiger partial charge in [0.05, 0.1) is 0 Å². The van der Waals surface area contributed by atoms with E-state index in [2.05, 4.69) is 24.3 Å². The van der Waals surface area contributed by atoms with Gasteiger partial charge in [0.25, 0.3) is 0 Å². The van der Waals surface area contributed by atoms with Crippen LogP contribution in [0.5, 0.6) is 0 Å². The number of carboxylic acid groups (broad SMARTS) is 1. The number of hydrogen-bond donors (Lipinski definition) is 1. The molecule has 1 N–H and O–H groups in total. The molecule has 0 aliphatic rings. The van der Waals surface area contributed by atoms with E-state index in [0.717, 1.165) is 51.7 Å². The van der Waals surface area contributed by atoms with E-state index in [1.54, 1.807) is 0 Å². The molecular weight excluding hydrogens is 252 g/mol. The summed E-state index contributed by atoms with van der Waals surface area (Å²) in [5, 5.41) is 8.49. The molecule has 0 saturated carbocycles. The summed E-state index contributed by atoms with van der Waals surface area (Å²) in [6, 6.07) is 10.5. The van der Waals surface area contributed by atoms with E-state index in [9.17, 15) is 4.79 Å². The minimum Gasteiger partial charge on any atom is -0.481 e. The predicted octanol–water partition coefficient (Wildman–Crippen LogP) is 4.06. The molecule has 0 aliphatic heterocycles. The fourth-order valence-corrected chi connectivity index (χ4v) is 2.11. The second kappa shape index (κ2) is 11.5. The van der Waals surface area contributed by atoms with Crippen molar-refractivity contribution in [3.05, 3.63) is 35.9 Å². The largest absolute Gasteiger partial charge is 0.481 e. The molecule has 0 fully saturated rings. The molecule has 0 atom stereocenters. The van der Waals surface area contributed by atoms with Gasteiger partial charge in [-0.25, -0.2) is 0 Å². The Morgan fingerprint density at radius 1 is 0.900 bits per heavy atom. The molecule has 0 radical (unpaired) electrons. The van der Waals surface area contributed by atoms with Crippen molar-refractivity contribution in [3.8, 4) is 0 Å². The highest BCUT2D eigenvalue weighted by atomic mass is 16.5. The molecule has 112 valence electrons. The third kappa shape index (κ3) is 9.56. The van der Waals surface area contributed by atoms with Crippen LogP contribution < -0.4 is 0 Å². The monoisotopic (exact) mass is 278 g/mol. The lowest BCUT2D eigenvalue weighted by atomic mass is 10.1. The Kier molecular flexibility index (Phi) is 9.58. The highest BCUT2D eigenvalue weighted by Gasteiger charge is 1.97. The first-order chi connectivity index (χ1) is 9.79. The van der Waals surface area contributed by atoms with Gasteiger partial charge < -0.3 is 9.84 Å². The molecule has 20 heavy (non-hydrogen) atoms. The molecule has 1 aromatic carbocycles. The van der Waals surface area contributed by atoms with Crippen molar-refractivity contribution in [1.29, 1.82) is 0 Å². The molecular formula is C17H26O3. The summed E-state index contributed by atoms with van der Waals surface area (Å²) < 4.78 is 5.58. The molecule has 0 amide bonds. The molecule has 0 unspecified atom stereocenters. The van der Waals surface area contributed by atoms with Crippen LogP contribution in [0.25, 0.3) is 0 Å². The van der Waals surface area contributed by atoms with Crippen LogP contribution in [0.15, 0.2) is 30.3 Å². The van der Waals surface area contributed by atoms with E-state index in [4.69, 9.17) is 9.84 Å². The van der Waals surface area contributed by atoms with Gasteiger partial charge in [-0.3, -0.25) is 4.79 Å². The second-order valence-electron chi connectivity index (χ2n) is 5.11. The van der Waals surface area contributed by atoms with Crippen LogP contribution in [0.4, 0.5) is 0 Å². The molecule has 3 nitrogen and oxygen atoms in total. The standard InChI is InChI=1S/C17H26O3/c18-17(19)13-6-1-2-8-14-20-15-9-7-12-16-10-4-3-5-11-16/h3-5,10-11H,1-2,6-9,12-15H2,(H,18,19). The number of aliphatic carboxylic acids is 1. The number of ether oxygens (including phenoxy) is 1. The fraction of sp³-hybridized carbons (Fsp3) is 0.588. The van der Waals surface area contributed by atoms with E-state index < -0.39 is 5.97 Å². The van der Waals surface area contributed by atoms with Crippen LogP contribution in [-0.4, -0.2) is 24.3 Å². The van der Waals surface area contributed by atoms with Crippen LogP contribution in [-0.2, 0) is 16.0 Å². The lowest BCUT2D eigenvalue weighted by Crippen LogP contribution is -1.98. The lowest BCUT2D eigenvalue weighted by Gasteiger charge is -2.04. The van der Waals surface area contributed by atoms with Crippen LogP contribution in [0, 0.1) is 0 Å². The van der Waals surface area contributed by atoms with E-state index in [-0.39, 0.29) is 0 Å². The van der Waals surface area contributed by atoms with Gasteiger partial charge in [-0.2, -0.15) is 0 Å². The maximum absolute atomic E-state index is 10.3. The fourth-order valence-electron chi connectivity index (χ4n) is 2.11. The summed E-state index contributed by atoms with van der Waals surface area (Å²) in [4.78, 5) is 10.3. The van der Waals surface area contributed by atoms with Crippen molar-refractivity contribution in [1.82, 2.24) is 0 Å². The zero-order valence-electron chi connectivity index (χ0n) is 12.2. The number of rotatable bonds is 12. The topological polar surface area (TPSA) is 46.5 Å². The maximum atomic E-state index is 10.3. The molecule has 0 bridgehead atoms. The Labute approximate surface area is 122 Å². The van der Waals surface area contributed by atoms with Crippen LogP contribution in [0.1, 0.15) is 50.5 Å². The Morgan fingerprint density at radius 2 is 1.55 bits per heavy atom. The molecule has 0 saturated heterocycles. The van der Waals surface area contributed by atoms with E-state index >= 15 is 0 Å². The SMILES string of the molecule is O=C(O)CCCCCCOCCCCc1ccccc1. The summed E-state index contributed by atoms with van der Waals surface area (Å²) in [5.41, 5.74) is 1.39. The molecule has 0 heterocycles. The first kappa shape index (κ1) is 16.7. The minimum absolute atomic E-state index is 0.292. The highest BCUT2D eigenvalue weighted by molar-refractivity contribution is 5.66. The number of hydrogen-bond acceptors (Lipinski definition) is 2. The summed E-state index contributed by atoms with van der Waals surface area (Å²) in [6.07, 6.45) is 7.57. The Hall–Kier alpha value is -1.35. The minimum atomic E-state index is -0.695. The second-order valence-corrected chi connectivity index (χ2v) is 5.11. The van der Waals surface area contributed by atoms with Crippen molar-refractivity contribution >= 4 is 5.97 Å². The Morgan fingerprint density at radius 3 is 2.25 bits per heavy atom. The van der Waals surface area contributed by atoms with Gasteiger partial charge in [-0.15, -0.1) is 0 Å². The van der Waals surface area contributed by atoms with Crippen molar-refractivity contribution in [2.75, 3.05) is 13.2 Å². The maximum Gasteiger partial charge on any atom is 0.303 e. The third-order valence-electron chi connectivity index (χ3n) is 3.28. The number of carbonyl (C=O) groups is 1. The summed E-state index contributed by atoms with van der Waals surface area (Å²) in [5.74, 6) is -0.695. The molecule has 0 aliphatic carbocycles. The van der Waals surface area contributed by atoms with Crippen LogP contribution in [0.3, 0.4) is 0 Å². The number of unbranched alkanes of at least 4 members (excludes halogenated alkanes) is 4. The van der Waals surface area contributed by atoms with Crippen molar-refractivity contribution in [2.45, 2.75) is 51.4 Å². The van der Waals surface area contributed by atoms with E-state index in [1.807, 2.05) is 6.07 Å². The van der Waals surface area contributed by atoms with Crippen LogP contribution in [0.2, 0.25) is 0 Å². The van der Waals surface area contributed by atoms with Gasteiger partial charge in [0.1, 0.15) is 0 Å². The van der Waals surface area contributed by atoms with Gasteiger partial charge in [-0.1, -0.05) is 43.2 Å². The third-order valence-corrected chi connectivity index (χ3v) is 3.28. The van der Waals surface area contributed by atoms with Gasteiger partial charge in [0, 0.05) is 19.6 Å². The van der Waals surface area contributed by atoms with Gasteiger partial charge >= 0.3 is 5.97 Å². The van der Waals surface area contributed by atoms with Crippen molar-refractivity contribution < 1.29 is 14.6 Å². The molecule has 0 aromatic heterocycles. The zero-order valence-corrected chi connectivity index (χ0v) is 12.2. The molecule has 0 spiro atoms. The Balaban J connectivity index is 1.80. The molecule has 1 rings (SSSR count). The highest BCUT2D eigenvalue weighted by Crippen LogP contribution is 2.06. The zero-order chi connectivity index (χ0) is 14.5. The van der Waals surface area contributed by atoms with E-state index in [1.165, 1.54) is 12.0 Å². The quantitative estimate of drug-likeness (QED) is 0.586. The lowest BCUT2D eigenvalue weighted by molar-refractivity contribution is -0.137. The van der Waals surface area contributed by atoms with Gasteiger partial charge in [0.2, 0.25) is 0 Å². The van der Waals surface area contributed by atoms with Crippen LogP contribution >= 0.6 is 0 Å².